The minimum atomic E-state index is -0.915. The van der Waals surface area contributed by atoms with Gasteiger partial charge in [-0.15, -0.1) is 0 Å². The van der Waals surface area contributed by atoms with Crippen molar-refractivity contribution in [3.05, 3.63) is 65.2 Å². The van der Waals surface area contributed by atoms with Crippen molar-refractivity contribution in [2.45, 2.75) is 39.7 Å². The van der Waals surface area contributed by atoms with E-state index in [2.05, 4.69) is 19.2 Å². The molecule has 0 spiro atoms. The first-order valence-corrected chi connectivity index (χ1v) is 9.25. The molecule has 5 nitrogen and oxygen atoms in total. The first-order valence-electron chi connectivity index (χ1n) is 9.25. The summed E-state index contributed by atoms with van der Waals surface area (Å²) in [6, 6.07) is 13.2. The summed E-state index contributed by atoms with van der Waals surface area (Å²) in [4.78, 5) is 24.6. The van der Waals surface area contributed by atoms with Crippen molar-refractivity contribution in [1.29, 1.82) is 0 Å². The maximum Gasteiger partial charge on any atom is 0.331 e. The Balaban J connectivity index is 2.00. The molecule has 0 radical (unpaired) electrons. The summed E-state index contributed by atoms with van der Waals surface area (Å²) in [7, 11) is 1.58. The van der Waals surface area contributed by atoms with Crippen LogP contribution in [0, 0.1) is 6.92 Å². The lowest BCUT2D eigenvalue weighted by Gasteiger charge is -2.18. The predicted molar refractivity (Wildman–Crippen MR) is 111 cm³/mol. The van der Waals surface area contributed by atoms with Gasteiger partial charge in [0, 0.05) is 11.8 Å². The first kappa shape index (κ1) is 21.2. The van der Waals surface area contributed by atoms with E-state index in [0.29, 0.717) is 5.75 Å². The number of esters is 1. The van der Waals surface area contributed by atoms with Gasteiger partial charge < -0.3 is 14.8 Å². The minimum absolute atomic E-state index is 0.263. The molecule has 0 aromatic heterocycles. The molecule has 148 valence electrons. The number of hydrogen-bond acceptors (Lipinski definition) is 4. The average Bonchev–Trinajstić information content (AvgIpc) is 2.67. The lowest BCUT2D eigenvalue weighted by atomic mass is 9.98. The number of hydrogen-bond donors (Lipinski definition) is 1. The van der Waals surface area contributed by atoms with Crippen molar-refractivity contribution in [1.82, 2.24) is 0 Å². The molecule has 2 aromatic rings. The number of rotatable bonds is 7. The molecule has 0 aliphatic carbocycles. The van der Waals surface area contributed by atoms with Gasteiger partial charge in [-0.3, -0.25) is 4.79 Å². The molecule has 0 unspecified atom stereocenters. The fraction of sp³-hybridized carbons (Fsp3) is 0.304. The maximum atomic E-state index is 12.5. The Hall–Kier alpha value is -3.08. The molecule has 1 amide bonds. The van der Waals surface area contributed by atoms with E-state index in [0.717, 1.165) is 22.4 Å². The van der Waals surface area contributed by atoms with Crippen molar-refractivity contribution < 1.29 is 19.1 Å². The standard InChI is InChI=1S/C23H27NO4/c1-15(2)20-11-6-8-16(3)22(20)24-23(26)17(4)28-21(25)13-12-18-9-7-10-19(14-18)27-5/h6-15,17H,1-5H3,(H,24,26)/b13-12+/t17-/m1/s1. The second-order valence-corrected chi connectivity index (χ2v) is 6.87. The molecular weight excluding hydrogens is 354 g/mol. The van der Waals surface area contributed by atoms with E-state index in [4.69, 9.17) is 9.47 Å². The summed E-state index contributed by atoms with van der Waals surface area (Å²) in [5, 5.41) is 2.90. The van der Waals surface area contributed by atoms with Crippen LogP contribution in [0.5, 0.6) is 5.75 Å². The van der Waals surface area contributed by atoms with Crippen LogP contribution < -0.4 is 10.1 Å². The monoisotopic (exact) mass is 381 g/mol. The number of anilines is 1. The van der Waals surface area contributed by atoms with Gasteiger partial charge in [-0.05, 0) is 54.7 Å². The van der Waals surface area contributed by atoms with E-state index in [1.165, 1.54) is 6.08 Å². The molecule has 2 rings (SSSR count). The van der Waals surface area contributed by atoms with Crippen LogP contribution in [0.1, 0.15) is 43.4 Å². The van der Waals surface area contributed by atoms with Crippen LogP contribution in [0.25, 0.3) is 6.08 Å². The van der Waals surface area contributed by atoms with Gasteiger partial charge in [0.25, 0.3) is 5.91 Å². The number of amides is 1. The molecule has 0 heterocycles. The van der Waals surface area contributed by atoms with Crippen molar-refractivity contribution >= 4 is 23.6 Å². The van der Waals surface area contributed by atoms with Gasteiger partial charge in [-0.25, -0.2) is 4.79 Å². The van der Waals surface area contributed by atoms with Gasteiger partial charge >= 0.3 is 5.97 Å². The third kappa shape index (κ3) is 5.71. The fourth-order valence-corrected chi connectivity index (χ4v) is 2.74. The third-order valence-electron chi connectivity index (χ3n) is 4.34. The highest BCUT2D eigenvalue weighted by Crippen LogP contribution is 2.27. The molecule has 1 atom stereocenters. The second-order valence-electron chi connectivity index (χ2n) is 6.87. The smallest absolute Gasteiger partial charge is 0.331 e. The van der Waals surface area contributed by atoms with E-state index in [1.54, 1.807) is 26.2 Å². The Labute approximate surface area is 166 Å². The number of ether oxygens (including phenoxy) is 2. The van der Waals surface area contributed by atoms with Crippen LogP contribution in [-0.4, -0.2) is 25.1 Å². The van der Waals surface area contributed by atoms with E-state index < -0.39 is 12.1 Å². The summed E-state index contributed by atoms with van der Waals surface area (Å²) in [5.74, 6) is 0.0139. The van der Waals surface area contributed by atoms with E-state index in [-0.39, 0.29) is 11.8 Å². The van der Waals surface area contributed by atoms with Crippen LogP contribution in [0.3, 0.4) is 0 Å². The van der Waals surface area contributed by atoms with Crippen molar-refractivity contribution in [2.24, 2.45) is 0 Å². The highest BCUT2D eigenvalue weighted by molar-refractivity contribution is 5.97. The molecule has 0 bridgehead atoms. The maximum absolute atomic E-state index is 12.5. The highest BCUT2D eigenvalue weighted by atomic mass is 16.5. The van der Waals surface area contributed by atoms with Gasteiger partial charge in [0.2, 0.25) is 0 Å². The van der Waals surface area contributed by atoms with Crippen LogP contribution >= 0.6 is 0 Å². The number of aryl methyl sites for hydroxylation is 1. The van der Waals surface area contributed by atoms with Crippen molar-refractivity contribution in [3.63, 3.8) is 0 Å². The number of carbonyl (C=O) groups excluding carboxylic acids is 2. The largest absolute Gasteiger partial charge is 0.497 e. The molecular formula is C23H27NO4. The topological polar surface area (TPSA) is 64.6 Å². The Morgan fingerprint density at radius 1 is 1.07 bits per heavy atom. The Kier molecular flexibility index (Phi) is 7.38. The number of nitrogens with one attached hydrogen (secondary N) is 1. The summed E-state index contributed by atoms with van der Waals surface area (Å²) >= 11 is 0. The molecule has 5 heteroatoms. The van der Waals surface area contributed by atoms with Gasteiger partial charge in [0.15, 0.2) is 6.10 Å². The second kappa shape index (κ2) is 9.74. The molecule has 0 saturated heterocycles. The zero-order valence-corrected chi connectivity index (χ0v) is 17.0. The molecule has 0 aliphatic rings. The van der Waals surface area contributed by atoms with Gasteiger partial charge in [-0.1, -0.05) is 44.2 Å². The van der Waals surface area contributed by atoms with Crippen LogP contribution in [-0.2, 0) is 14.3 Å². The van der Waals surface area contributed by atoms with Crippen LogP contribution in [0.15, 0.2) is 48.5 Å². The van der Waals surface area contributed by atoms with E-state index in [1.807, 2.05) is 43.3 Å². The summed E-state index contributed by atoms with van der Waals surface area (Å²) in [6.07, 6.45) is 2.00. The Bertz CT molecular complexity index is 871. The molecule has 2 aromatic carbocycles. The number of benzene rings is 2. The fourth-order valence-electron chi connectivity index (χ4n) is 2.74. The van der Waals surface area contributed by atoms with Gasteiger partial charge in [0.05, 0.1) is 7.11 Å². The SMILES string of the molecule is COc1cccc(/C=C/C(=O)O[C@H](C)C(=O)Nc2c(C)cccc2C(C)C)c1. The number of methoxy groups -OCH3 is 1. The molecule has 0 fully saturated rings. The van der Waals surface area contributed by atoms with Crippen molar-refractivity contribution in [2.75, 3.05) is 12.4 Å². The first-order chi connectivity index (χ1) is 13.3. The van der Waals surface area contributed by atoms with Gasteiger partial charge in [-0.2, -0.15) is 0 Å². The zero-order chi connectivity index (χ0) is 20.7. The quantitative estimate of drug-likeness (QED) is 0.557. The molecule has 0 aliphatic heterocycles. The van der Waals surface area contributed by atoms with Crippen LogP contribution in [0.4, 0.5) is 5.69 Å². The van der Waals surface area contributed by atoms with Gasteiger partial charge in [0.1, 0.15) is 5.75 Å². The lowest BCUT2D eigenvalue weighted by Crippen LogP contribution is -2.30. The molecule has 28 heavy (non-hydrogen) atoms. The zero-order valence-electron chi connectivity index (χ0n) is 17.0. The van der Waals surface area contributed by atoms with Crippen molar-refractivity contribution in [3.8, 4) is 5.75 Å². The predicted octanol–water partition coefficient (Wildman–Crippen LogP) is 4.71. The Morgan fingerprint density at radius 3 is 2.46 bits per heavy atom. The van der Waals surface area contributed by atoms with Crippen LogP contribution in [0.2, 0.25) is 0 Å². The average molecular weight is 381 g/mol. The molecule has 1 N–H and O–H groups in total. The number of para-hydroxylation sites is 1. The third-order valence-corrected chi connectivity index (χ3v) is 4.34. The van der Waals surface area contributed by atoms with E-state index >= 15 is 0 Å². The number of carbonyl (C=O) groups is 2. The summed E-state index contributed by atoms with van der Waals surface area (Å²) in [5.41, 5.74) is 3.59. The van der Waals surface area contributed by atoms with E-state index in [9.17, 15) is 9.59 Å². The Morgan fingerprint density at radius 2 is 1.79 bits per heavy atom. The highest BCUT2D eigenvalue weighted by Gasteiger charge is 2.19. The summed E-state index contributed by atoms with van der Waals surface area (Å²) < 4.78 is 10.4. The normalized spacial score (nSPS) is 12.1. The summed E-state index contributed by atoms with van der Waals surface area (Å²) in [6.45, 7) is 7.63. The minimum Gasteiger partial charge on any atom is -0.497 e. The lowest BCUT2D eigenvalue weighted by molar-refractivity contribution is -0.148. The molecule has 0 saturated carbocycles.